The Balaban J connectivity index is 2.23. The molecule has 2 N–H and O–H groups in total. The summed E-state index contributed by atoms with van der Waals surface area (Å²) in [4.78, 5) is 13.4. The molecular weight excluding hydrogens is 278 g/mol. The molecule has 100 valence electrons. The summed E-state index contributed by atoms with van der Waals surface area (Å²) >= 11 is 3.21. The van der Waals surface area contributed by atoms with Gasteiger partial charge in [0.25, 0.3) is 0 Å². The third-order valence-electron chi connectivity index (χ3n) is 2.57. The summed E-state index contributed by atoms with van der Waals surface area (Å²) in [5.41, 5.74) is 1.05. The molecule has 5 heteroatoms. The van der Waals surface area contributed by atoms with Crippen molar-refractivity contribution >= 4 is 34.8 Å². The standard InChI is InChI=1S/C14H15NO2S2/c1-2-18-12-7-3-6-11(13(12)14(16)17)15-9-10-5-4-8-19-10/h3-8,15H,2,9H2,1H3,(H,16,17). The number of hydrogen-bond donors (Lipinski definition) is 2. The SMILES string of the molecule is CCSc1cccc(NCc2cccs2)c1C(=O)O. The van der Waals surface area contributed by atoms with Gasteiger partial charge >= 0.3 is 5.97 Å². The lowest BCUT2D eigenvalue weighted by Gasteiger charge is -2.12. The van der Waals surface area contributed by atoms with E-state index in [1.165, 1.54) is 4.88 Å². The van der Waals surface area contributed by atoms with Gasteiger partial charge in [-0.05, 0) is 29.3 Å². The lowest BCUT2D eigenvalue weighted by molar-refractivity contribution is 0.0694. The van der Waals surface area contributed by atoms with E-state index in [1.807, 2.05) is 42.6 Å². The van der Waals surface area contributed by atoms with Crippen LogP contribution >= 0.6 is 23.1 Å². The van der Waals surface area contributed by atoms with E-state index in [1.54, 1.807) is 23.1 Å². The van der Waals surface area contributed by atoms with Crippen LogP contribution < -0.4 is 5.32 Å². The van der Waals surface area contributed by atoms with E-state index in [4.69, 9.17) is 0 Å². The summed E-state index contributed by atoms with van der Waals surface area (Å²) in [6.07, 6.45) is 0. The monoisotopic (exact) mass is 293 g/mol. The molecule has 0 radical (unpaired) electrons. The van der Waals surface area contributed by atoms with Gasteiger partial charge in [-0.1, -0.05) is 19.1 Å². The highest BCUT2D eigenvalue weighted by Gasteiger charge is 2.15. The molecule has 0 saturated carbocycles. The highest BCUT2D eigenvalue weighted by molar-refractivity contribution is 7.99. The first kappa shape index (κ1) is 14.0. The predicted molar refractivity (Wildman–Crippen MR) is 81.4 cm³/mol. The van der Waals surface area contributed by atoms with Crippen molar-refractivity contribution < 1.29 is 9.90 Å². The van der Waals surface area contributed by atoms with Crippen LogP contribution in [-0.4, -0.2) is 16.8 Å². The van der Waals surface area contributed by atoms with Crippen molar-refractivity contribution in [3.63, 3.8) is 0 Å². The van der Waals surface area contributed by atoms with Crippen molar-refractivity contribution in [3.05, 3.63) is 46.2 Å². The Hall–Kier alpha value is -1.46. The van der Waals surface area contributed by atoms with Crippen LogP contribution in [0.4, 0.5) is 5.69 Å². The van der Waals surface area contributed by atoms with Crippen molar-refractivity contribution in [2.75, 3.05) is 11.1 Å². The second kappa shape index (κ2) is 6.63. The third-order valence-corrected chi connectivity index (χ3v) is 4.39. The first-order valence-corrected chi connectivity index (χ1v) is 7.84. The van der Waals surface area contributed by atoms with Crippen LogP contribution in [-0.2, 0) is 6.54 Å². The van der Waals surface area contributed by atoms with Gasteiger partial charge in [0.15, 0.2) is 0 Å². The number of aromatic carboxylic acids is 1. The van der Waals surface area contributed by atoms with Crippen LogP contribution in [0, 0.1) is 0 Å². The fourth-order valence-corrected chi connectivity index (χ4v) is 3.24. The summed E-state index contributed by atoms with van der Waals surface area (Å²) < 4.78 is 0. The van der Waals surface area contributed by atoms with Gasteiger partial charge in [-0.3, -0.25) is 0 Å². The minimum Gasteiger partial charge on any atom is -0.478 e. The first-order chi connectivity index (χ1) is 9.22. The lowest BCUT2D eigenvalue weighted by Crippen LogP contribution is -2.07. The van der Waals surface area contributed by atoms with Crippen molar-refractivity contribution in [2.24, 2.45) is 0 Å². The van der Waals surface area contributed by atoms with Gasteiger partial charge in [0.1, 0.15) is 0 Å². The van der Waals surface area contributed by atoms with E-state index in [0.29, 0.717) is 17.8 Å². The van der Waals surface area contributed by atoms with Gasteiger partial charge in [-0.25, -0.2) is 4.79 Å². The van der Waals surface area contributed by atoms with Crippen molar-refractivity contribution in [1.82, 2.24) is 0 Å². The minimum atomic E-state index is -0.884. The first-order valence-electron chi connectivity index (χ1n) is 5.97. The fourth-order valence-electron chi connectivity index (χ4n) is 1.77. The molecule has 0 spiro atoms. The second-order valence-corrected chi connectivity index (χ2v) is 6.19. The molecule has 0 aliphatic heterocycles. The Morgan fingerprint density at radius 3 is 2.84 bits per heavy atom. The van der Waals surface area contributed by atoms with E-state index < -0.39 is 5.97 Å². The fraction of sp³-hybridized carbons (Fsp3) is 0.214. The van der Waals surface area contributed by atoms with Gasteiger partial charge in [0, 0.05) is 16.3 Å². The van der Waals surface area contributed by atoms with Gasteiger partial charge in [-0.15, -0.1) is 23.1 Å². The van der Waals surface area contributed by atoms with E-state index in [9.17, 15) is 9.90 Å². The maximum atomic E-state index is 11.4. The molecule has 1 heterocycles. The van der Waals surface area contributed by atoms with Crippen LogP contribution in [0.1, 0.15) is 22.2 Å². The molecule has 0 aliphatic carbocycles. The molecule has 0 amide bonds. The van der Waals surface area contributed by atoms with Gasteiger partial charge < -0.3 is 10.4 Å². The Kier molecular flexibility index (Phi) is 4.87. The van der Waals surface area contributed by atoms with Crippen LogP contribution in [0.3, 0.4) is 0 Å². The quantitative estimate of drug-likeness (QED) is 0.785. The van der Waals surface area contributed by atoms with Crippen LogP contribution in [0.5, 0.6) is 0 Å². The van der Waals surface area contributed by atoms with Gasteiger partial charge in [0.05, 0.1) is 11.3 Å². The summed E-state index contributed by atoms with van der Waals surface area (Å²) in [6, 6.07) is 9.58. The highest BCUT2D eigenvalue weighted by Crippen LogP contribution is 2.29. The molecule has 0 aliphatic rings. The summed E-state index contributed by atoms with van der Waals surface area (Å²) in [5, 5.41) is 14.6. The predicted octanol–water partition coefficient (Wildman–Crippen LogP) is 4.17. The molecule has 3 nitrogen and oxygen atoms in total. The topological polar surface area (TPSA) is 49.3 Å². The number of nitrogens with one attached hydrogen (secondary N) is 1. The summed E-state index contributed by atoms with van der Waals surface area (Å²) in [5.74, 6) is -0.0282. The highest BCUT2D eigenvalue weighted by atomic mass is 32.2. The smallest absolute Gasteiger partial charge is 0.338 e. The van der Waals surface area contributed by atoms with Crippen LogP contribution in [0.25, 0.3) is 0 Å². The Labute approximate surface area is 120 Å². The lowest BCUT2D eigenvalue weighted by atomic mass is 10.1. The molecule has 19 heavy (non-hydrogen) atoms. The molecule has 0 saturated heterocycles. The van der Waals surface area contributed by atoms with Crippen LogP contribution in [0.2, 0.25) is 0 Å². The molecule has 0 fully saturated rings. The zero-order valence-corrected chi connectivity index (χ0v) is 12.2. The number of benzene rings is 1. The van der Waals surface area contributed by atoms with E-state index >= 15 is 0 Å². The molecule has 2 rings (SSSR count). The molecular formula is C14H15NO2S2. The van der Waals surface area contributed by atoms with Gasteiger partial charge in [-0.2, -0.15) is 0 Å². The maximum absolute atomic E-state index is 11.4. The zero-order valence-electron chi connectivity index (χ0n) is 10.6. The van der Waals surface area contributed by atoms with E-state index in [-0.39, 0.29) is 0 Å². The number of carbonyl (C=O) groups is 1. The van der Waals surface area contributed by atoms with Crippen molar-refractivity contribution in [2.45, 2.75) is 18.4 Å². The average Bonchev–Trinajstić information content (AvgIpc) is 2.89. The van der Waals surface area contributed by atoms with Crippen molar-refractivity contribution in [3.8, 4) is 0 Å². The Morgan fingerprint density at radius 2 is 2.21 bits per heavy atom. The Morgan fingerprint density at radius 1 is 1.37 bits per heavy atom. The number of carboxylic acids is 1. The normalized spacial score (nSPS) is 10.4. The molecule has 1 aromatic carbocycles. The number of thiophene rings is 1. The average molecular weight is 293 g/mol. The summed E-state index contributed by atoms with van der Waals surface area (Å²) in [7, 11) is 0. The Bertz CT molecular complexity index is 553. The number of carboxylic acid groups (broad SMARTS) is 1. The van der Waals surface area contributed by atoms with Crippen LogP contribution in [0.15, 0.2) is 40.6 Å². The molecule has 2 aromatic rings. The van der Waals surface area contributed by atoms with E-state index in [2.05, 4.69) is 5.32 Å². The van der Waals surface area contributed by atoms with Crippen molar-refractivity contribution in [1.29, 1.82) is 0 Å². The largest absolute Gasteiger partial charge is 0.478 e. The second-order valence-electron chi connectivity index (χ2n) is 3.85. The number of anilines is 1. The number of thioether (sulfide) groups is 1. The molecule has 0 unspecified atom stereocenters. The van der Waals surface area contributed by atoms with E-state index in [0.717, 1.165) is 10.6 Å². The molecule has 0 atom stereocenters. The maximum Gasteiger partial charge on any atom is 0.338 e. The van der Waals surface area contributed by atoms with Gasteiger partial charge in [0.2, 0.25) is 0 Å². The zero-order chi connectivity index (χ0) is 13.7. The number of rotatable bonds is 6. The third kappa shape index (κ3) is 3.52. The molecule has 0 bridgehead atoms. The molecule has 1 aromatic heterocycles. The minimum absolute atomic E-state index is 0.367. The summed E-state index contributed by atoms with van der Waals surface area (Å²) in [6.45, 7) is 2.67. The number of hydrogen-bond acceptors (Lipinski definition) is 4.